The van der Waals surface area contributed by atoms with Gasteiger partial charge in [-0.05, 0) is 48.4 Å². The number of hydrogen-bond acceptors (Lipinski definition) is 2. The molecule has 0 amide bonds. The van der Waals surface area contributed by atoms with E-state index in [2.05, 4.69) is 34.2 Å². The zero-order valence-corrected chi connectivity index (χ0v) is 12.3. The fourth-order valence-corrected chi connectivity index (χ4v) is 2.34. The Balaban J connectivity index is 2.36. The van der Waals surface area contributed by atoms with Crippen LogP contribution in [0.1, 0.15) is 12.5 Å². The molecule has 0 spiro atoms. The van der Waals surface area contributed by atoms with Gasteiger partial charge < -0.3 is 11.1 Å². The van der Waals surface area contributed by atoms with E-state index in [9.17, 15) is 0 Å². The van der Waals surface area contributed by atoms with Crippen molar-refractivity contribution in [2.24, 2.45) is 0 Å². The number of benzene rings is 2. The zero-order chi connectivity index (χ0) is 13.1. The summed E-state index contributed by atoms with van der Waals surface area (Å²) >= 11 is 9.45. The zero-order valence-electron chi connectivity index (χ0n) is 10.0. The summed E-state index contributed by atoms with van der Waals surface area (Å²) in [5, 5.41) is 4.00. The van der Waals surface area contributed by atoms with Crippen LogP contribution >= 0.6 is 27.5 Å². The van der Waals surface area contributed by atoms with E-state index in [4.69, 9.17) is 17.3 Å². The van der Waals surface area contributed by atoms with Crippen molar-refractivity contribution in [3.8, 4) is 0 Å². The Hall–Kier alpha value is -1.19. The van der Waals surface area contributed by atoms with E-state index in [1.165, 1.54) is 5.56 Å². The second-order valence-electron chi connectivity index (χ2n) is 4.01. The highest BCUT2D eigenvalue weighted by atomic mass is 79.9. The molecule has 0 bridgehead atoms. The van der Waals surface area contributed by atoms with Crippen molar-refractivity contribution in [1.29, 1.82) is 0 Å². The van der Waals surface area contributed by atoms with Gasteiger partial charge in [-0.25, -0.2) is 0 Å². The first-order valence-corrected chi connectivity index (χ1v) is 6.87. The van der Waals surface area contributed by atoms with Gasteiger partial charge in [-0.1, -0.05) is 34.5 Å². The summed E-state index contributed by atoms with van der Waals surface area (Å²) in [5.74, 6) is 0. The number of nitrogen functional groups attached to an aromatic ring is 1. The lowest BCUT2D eigenvalue weighted by molar-refractivity contribution is 1.14. The van der Waals surface area contributed by atoms with Crippen molar-refractivity contribution in [2.75, 3.05) is 11.1 Å². The third kappa shape index (κ3) is 2.98. The average molecular weight is 326 g/mol. The first-order chi connectivity index (χ1) is 8.60. The van der Waals surface area contributed by atoms with Crippen LogP contribution < -0.4 is 11.1 Å². The van der Waals surface area contributed by atoms with Gasteiger partial charge in [0.1, 0.15) is 0 Å². The number of aryl methyl sites for hydroxylation is 1. The SMILES string of the molecule is CCc1cc(Br)ccc1Nc1cc(Cl)ccc1N. The predicted molar refractivity (Wildman–Crippen MR) is 82.7 cm³/mol. The molecule has 3 N–H and O–H groups in total. The third-order valence-corrected chi connectivity index (χ3v) is 3.46. The minimum atomic E-state index is 0.668. The Morgan fingerprint density at radius 2 is 1.94 bits per heavy atom. The summed E-state index contributed by atoms with van der Waals surface area (Å²) in [6.45, 7) is 2.12. The van der Waals surface area contributed by atoms with Crippen molar-refractivity contribution >= 4 is 44.6 Å². The second-order valence-corrected chi connectivity index (χ2v) is 5.36. The molecule has 0 heterocycles. The third-order valence-electron chi connectivity index (χ3n) is 2.73. The van der Waals surface area contributed by atoms with Gasteiger partial charge in [0.25, 0.3) is 0 Å². The molecule has 0 radical (unpaired) electrons. The number of halogens is 2. The number of hydrogen-bond donors (Lipinski definition) is 2. The van der Waals surface area contributed by atoms with Crippen LogP contribution in [0.3, 0.4) is 0 Å². The first kappa shape index (κ1) is 13.2. The molecule has 2 nitrogen and oxygen atoms in total. The van der Waals surface area contributed by atoms with Gasteiger partial charge in [0.05, 0.1) is 11.4 Å². The maximum atomic E-state index is 5.98. The molecular formula is C14H14BrClN2. The number of anilines is 3. The van der Waals surface area contributed by atoms with Crippen molar-refractivity contribution in [2.45, 2.75) is 13.3 Å². The standard InChI is InChI=1S/C14H14BrClN2/c1-2-9-7-10(15)3-6-13(9)18-14-8-11(16)4-5-12(14)17/h3-8,18H,2,17H2,1H3. The van der Waals surface area contributed by atoms with E-state index in [1.807, 2.05) is 18.2 Å². The topological polar surface area (TPSA) is 38.0 Å². The molecule has 0 saturated carbocycles. The van der Waals surface area contributed by atoms with Gasteiger partial charge in [-0.2, -0.15) is 0 Å². The van der Waals surface area contributed by atoms with E-state index >= 15 is 0 Å². The quantitative estimate of drug-likeness (QED) is 0.780. The monoisotopic (exact) mass is 324 g/mol. The van der Waals surface area contributed by atoms with Crippen LogP contribution in [0.2, 0.25) is 5.02 Å². The van der Waals surface area contributed by atoms with Gasteiger partial charge >= 0.3 is 0 Å². The van der Waals surface area contributed by atoms with E-state index in [0.29, 0.717) is 10.7 Å². The molecule has 4 heteroatoms. The van der Waals surface area contributed by atoms with Gasteiger partial charge in [-0.15, -0.1) is 0 Å². The maximum absolute atomic E-state index is 5.98. The van der Waals surface area contributed by atoms with Gasteiger partial charge in [-0.3, -0.25) is 0 Å². The van der Waals surface area contributed by atoms with Crippen LogP contribution in [0, 0.1) is 0 Å². The van der Waals surface area contributed by atoms with Crippen LogP contribution in [0.5, 0.6) is 0 Å². The second kappa shape index (κ2) is 5.63. The molecule has 18 heavy (non-hydrogen) atoms. The molecule has 0 aliphatic heterocycles. The molecule has 0 aromatic heterocycles. The molecule has 2 rings (SSSR count). The van der Waals surface area contributed by atoms with Crippen molar-refractivity contribution in [3.05, 3.63) is 51.5 Å². The van der Waals surface area contributed by atoms with E-state index in [0.717, 1.165) is 22.3 Å². The number of rotatable bonds is 3. The van der Waals surface area contributed by atoms with E-state index in [-0.39, 0.29) is 0 Å². The Labute approximate surface area is 120 Å². The molecule has 0 aliphatic rings. The largest absolute Gasteiger partial charge is 0.397 e. The first-order valence-electron chi connectivity index (χ1n) is 5.70. The van der Waals surface area contributed by atoms with Crippen molar-refractivity contribution < 1.29 is 0 Å². The lowest BCUT2D eigenvalue weighted by Gasteiger charge is -2.13. The normalized spacial score (nSPS) is 10.4. The Bertz CT molecular complexity index is 570. The smallest absolute Gasteiger partial charge is 0.0632 e. The summed E-state index contributed by atoms with van der Waals surface area (Å²) in [6, 6.07) is 11.5. The maximum Gasteiger partial charge on any atom is 0.0632 e. The summed E-state index contributed by atoms with van der Waals surface area (Å²) in [7, 11) is 0. The fraction of sp³-hybridized carbons (Fsp3) is 0.143. The predicted octanol–water partition coefficient (Wildman–Crippen LogP) is 4.99. The molecule has 2 aromatic carbocycles. The van der Waals surface area contributed by atoms with E-state index < -0.39 is 0 Å². The highest BCUT2D eigenvalue weighted by Crippen LogP contribution is 2.29. The summed E-state index contributed by atoms with van der Waals surface area (Å²) in [4.78, 5) is 0. The lowest BCUT2D eigenvalue weighted by atomic mass is 10.1. The van der Waals surface area contributed by atoms with E-state index in [1.54, 1.807) is 12.1 Å². The Morgan fingerprint density at radius 1 is 1.17 bits per heavy atom. The Morgan fingerprint density at radius 3 is 2.67 bits per heavy atom. The average Bonchev–Trinajstić information content (AvgIpc) is 2.36. The summed E-state index contributed by atoms with van der Waals surface area (Å²) < 4.78 is 1.07. The molecule has 0 fully saturated rings. The summed E-state index contributed by atoms with van der Waals surface area (Å²) in [6.07, 6.45) is 0.947. The van der Waals surface area contributed by atoms with Gasteiger partial charge in [0, 0.05) is 15.2 Å². The van der Waals surface area contributed by atoms with Crippen LogP contribution in [-0.2, 0) is 6.42 Å². The molecular weight excluding hydrogens is 312 g/mol. The highest BCUT2D eigenvalue weighted by molar-refractivity contribution is 9.10. The van der Waals surface area contributed by atoms with Crippen LogP contribution in [0.4, 0.5) is 17.1 Å². The van der Waals surface area contributed by atoms with Crippen LogP contribution in [0.25, 0.3) is 0 Å². The molecule has 0 saturated heterocycles. The van der Waals surface area contributed by atoms with Crippen LogP contribution in [0.15, 0.2) is 40.9 Å². The molecule has 0 unspecified atom stereocenters. The van der Waals surface area contributed by atoms with Gasteiger partial charge in [0.15, 0.2) is 0 Å². The summed E-state index contributed by atoms with van der Waals surface area (Å²) in [5.41, 5.74) is 9.72. The molecule has 0 aliphatic carbocycles. The van der Waals surface area contributed by atoms with Crippen molar-refractivity contribution in [3.63, 3.8) is 0 Å². The highest BCUT2D eigenvalue weighted by Gasteiger charge is 2.05. The fourth-order valence-electron chi connectivity index (χ4n) is 1.76. The van der Waals surface area contributed by atoms with Crippen LogP contribution in [-0.4, -0.2) is 0 Å². The Kier molecular flexibility index (Phi) is 4.15. The molecule has 94 valence electrons. The number of nitrogens with two attached hydrogens (primary N) is 1. The van der Waals surface area contributed by atoms with Crippen molar-refractivity contribution in [1.82, 2.24) is 0 Å². The van der Waals surface area contributed by atoms with Gasteiger partial charge in [0.2, 0.25) is 0 Å². The minimum absolute atomic E-state index is 0.668. The molecule has 2 aromatic rings. The number of nitrogens with one attached hydrogen (secondary N) is 1. The lowest BCUT2D eigenvalue weighted by Crippen LogP contribution is -1.99. The molecule has 0 atom stereocenters. The minimum Gasteiger partial charge on any atom is -0.397 e.